The Kier molecular flexibility index (Phi) is 3.41. The van der Waals surface area contributed by atoms with Crippen LogP contribution in [0.3, 0.4) is 0 Å². The lowest BCUT2D eigenvalue weighted by Gasteiger charge is -2.29. The molecule has 0 saturated carbocycles. The minimum atomic E-state index is 0.515. The first-order valence-electron chi connectivity index (χ1n) is 5.37. The summed E-state index contributed by atoms with van der Waals surface area (Å²) in [7, 11) is 1.63. The number of hydrogen-bond donors (Lipinski definition) is 1. The van der Waals surface area contributed by atoms with Crippen LogP contribution < -0.4 is 4.74 Å². The van der Waals surface area contributed by atoms with Gasteiger partial charge in [0.2, 0.25) is 0 Å². The van der Waals surface area contributed by atoms with Crippen molar-refractivity contribution >= 4 is 5.84 Å². The fraction of sp³-hybridized carbons (Fsp3) is 0.417. The van der Waals surface area contributed by atoms with Crippen molar-refractivity contribution in [3.8, 4) is 5.75 Å². The predicted molar refractivity (Wildman–Crippen MR) is 62.2 cm³/mol. The first kappa shape index (κ1) is 11.0. The Morgan fingerprint density at radius 3 is 2.69 bits per heavy atom. The molecule has 1 aliphatic heterocycles. The maximum atomic E-state index is 8.16. The van der Waals surface area contributed by atoms with Crippen molar-refractivity contribution in [2.24, 2.45) is 0 Å². The van der Waals surface area contributed by atoms with Crippen LogP contribution in [0.4, 0.5) is 0 Å². The lowest BCUT2D eigenvalue weighted by atomic mass is 10.1. The molecule has 0 atom stereocenters. The fourth-order valence-electron chi connectivity index (χ4n) is 1.80. The summed E-state index contributed by atoms with van der Waals surface area (Å²) >= 11 is 0. The second-order valence-corrected chi connectivity index (χ2v) is 3.65. The van der Waals surface area contributed by atoms with E-state index in [1.165, 1.54) is 0 Å². The van der Waals surface area contributed by atoms with Gasteiger partial charge in [-0.3, -0.25) is 5.41 Å². The summed E-state index contributed by atoms with van der Waals surface area (Å²) in [6.07, 6.45) is 0. The number of morpholine rings is 1. The predicted octanol–water partition coefficient (Wildman–Crippen LogP) is 1.35. The SMILES string of the molecule is COc1ccccc1C(=N)N1CCOCC1. The minimum absolute atomic E-state index is 0.515. The molecule has 0 amide bonds. The summed E-state index contributed by atoms with van der Waals surface area (Å²) in [5, 5.41) is 8.16. The van der Waals surface area contributed by atoms with Crippen LogP contribution in [0, 0.1) is 5.41 Å². The van der Waals surface area contributed by atoms with E-state index in [2.05, 4.69) is 0 Å². The maximum Gasteiger partial charge on any atom is 0.132 e. The quantitative estimate of drug-likeness (QED) is 0.604. The van der Waals surface area contributed by atoms with Crippen LogP contribution in [0.25, 0.3) is 0 Å². The molecule has 16 heavy (non-hydrogen) atoms. The normalized spacial score (nSPS) is 15.9. The number of amidine groups is 1. The van der Waals surface area contributed by atoms with E-state index in [9.17, 15) is 0 Å². The van der Waals surface area contributed by atoms with Gasteiger partial charge in [-0.25, -0.2) is 0 Å². The summed E-state index contributed by atoms with van der Waals surface area (Å²) in [6.45, 7) is 2.93. The molecule has 0 unspecified atom stereocenters. The van der Waals surface area contributed by atoms with Crippen LogP contribution in [-0.4, -0.2) is 44.1 Å². The molecule has 1 fully saturated rings. The number of nitrogens with zero attached hydrogens (tertiary/aromatic N) is 1. The summed E-state index contributed by atoms with van der Waals surface area (Å²) in [6, 6.07) is 7.63. The van der Waals surface area contributed by atoms with Gasteiger partial charge >= 0.3 is 0 Å². The Bertz CT molecular complexity index is 373. The lowest BCUT2D eigenvalue weighted by Crippen LogP contribution is -2.40. The smallest absolute Gasteiger partial charge is 0.132 e. The molecular weight excluding hydrogens is 204 g/mol. The third-order valence-corrected chi connectivity index (χ3v) is 2.69. The van der Waals surface area contributed by atoms with Gasteiger partial charge in [-0.2, -0.15) is 0 Å². The van der Waals surface area contributed by atoms with Gasteiger partial charge in [0.15, 0.2) is 0 Å². The van der Waals surface area contributed by atoms with E-state index in [1.54, 1.807) is 7.11 Å². The lowest BCUT2D eigenvalue weighted by molar-refractivity contribution is 0.0679. The van der Waals surface area contributed by atoms with Gasteiger partial charge in [0.25, 0.3) is 0 Å². The van der Waals surface area contributed by atoms with Gasteiger partial charge in [0.1, 0.15) is 11.6 Å². The Hall–Kier alpha value is -1.55. The molecule has 1 aliphatic rings. The number of benzene rings is 1. The topological polar surface area (TPSA) is 45.5 Å². The molecule has 1 N–H and O–H groups in total. The van der Waals surface area contributed by atoms with Crippen molar-refractivity contribution in [3.05, 3.63) is 29.8 Å². The molecule has 0 spiro atoms. The van der Waals surface area contributed by atoms with Gasteiger partial charge in [-0.05, 0) is 12.1 Å². The first-order chi connectivity index (χ1) is 7.83. The molecule has 0 aromatic heterocycles. The molecule has 4 nitrogen and oxygen atoms in total. The zero-order valence-corrected chi connectivity index (χ0v) is 9.40. The van der Waals surface area contributed by atoms with E-state index < -0.39 is 0 Å². The second kappa shape index (κ2) is 4.99. The van der Waals surface area contributed by atoms with Gasteiger partial charge in [-0.15, -0.1) is 0 Å². The van der Waals surface area contributed by atoms with Gasteiger partial charge in [-0.1, -0.05) is 12.1 Å². The van der Waals surface area contributed by atoms with E-state index in [0.717, 1.165) is 24.4 Å². The van der Waals surface area contributed by atoms with Crippen molar-refractivity contribution in [3.63, 3.8) is 0 Å². The average molecular weight is 220 g/mol. The zero-order valence-electron chi connectivity index (χ0n) is 9.40. The molecule has 4 heteroatoms. The van der Waals surface area contributed by atoms with Crippen LogP contribution in [0.1, 0.15) is 5.56 Å². The van der Waals surface area contributed by atoms with E-state index in [-0.39, 0.29) is 0 Å². The van der Waals surface area contributed by atoms with Crippen LogP contribution in [-0.2, 0) is 4.74 Å². The number of rotatable bonds is 2. The molecule has 1 aromatic carbocycles. The van der Waals surface area contributed by atoms with Crippen LogP contribution >= 0.6 is 0 Å². The van der Waals surface area contributed by atoms with Crippen LogP contribution in [0.2, 0.25) is 0 Å². The van der Waals surface area contributed by atoms with Gasteiger partial charge in [0, 0.05) is 13.1 Å². The molecule has 86 valence electrons. The van der Waals surface area contributed by atoms with E-state index in [1.807, 2.05) is 29.2 Å². The third-order valence-electron chi connectivity index (χ3n) is 2.69. The van der Waals surface area contributed by atoms with Crippen LogP contribution in [0.15, 0.2) is 24.3 Å². The van der Waals surface area contributed by atoms with Crippen molar-refractivity contribution in [2.75, 3.05) is 33.4 Å². The Balaban J connectivity index is 2.19. The third kappa shape index (κ3) is 2.17. The summed E-state index contributed by atoms with van der Waals surface area (Å²) in [5.41, 5.74) is 0.840. The Morgan fingerprint density at radius 2 is 2.00 bits per heavy atom. The summed E-state index contributed by atoms with van der Waals surface area (Å²) in [5.74, 6) is 1.26. The molecule has 0 radical (unpaired) electrons. The maximum absolute atomic E-state index is 8.16. The number of methoxy groups -OCH3 is 1. The standard InChI is InChI=1S/C12H16N2O2/c1-15-11-5-3-2-4-10(11)12(13)14-6-8-16-9-7-14/h2-5,13H,6-9H2,1H3. The number of nitrogens with one attached hydrogen (secondary N) is 1. The molecule has 0 bridgehead atoms. The highest BCUT2D eigenvalue weighted by Gasteiger charge is 2.17. The van der Waals surface area contributed by atoms with E-state index in [4.69, 9.17) is 14.9 Å². The highest BCUT2D eigenvalue weighted by atomic mass is 16.5. The fourth-order valence-corrected chi connectivity index (χ4v) is 1.80. The summed E-state index contributed by atoms with van der Waals surface area (Å²) < 4.78 is 10.5. The van der Waals surface area contributed by atoms with Crippen LogP contribution in [0.5, 0.6) is 5.75 Å². The van der Waals surface area contributed by atoms with Crippen molar-refractivity contribution in [1.29, 1.82) is 5.41 Å². The highest BCUT2D eigenvalue weighted by Crippen LogP contribution is 2.19. The first-order valence-corrected chi connectivity index (χ1v) is 5.37. The zero-order chi connectivity index (χ0) is 11.4. The van der Waals surface area contributed by atoms with Crippen molar-refractivity contribution in [2.45, 2.75) is 0 Å². The molecular formula is C12H16N2O2. The van der Waals surface area contributed by atoms with Gasteiger partial charge < -0.3 is 14.4 Å². The van der Waals surface area contributed by atoms with E-state index in [0.29, 0.717) is 19.0 Å². The number of para-hydroxylation sites is 1. The monoisotopic (exact) mass is 220 g/mol. The molecule has 0 aliphatic carbocycles. The van der Waals surface area contributed by atoms with Crippen molar-refractivity contribution < 1.29 is 9.47 Å². The molecule has 1 saturated heterocycles. The Labute approximate surface area is 95.3 Å². The molecule has 1 heterocycles. The summed E-state index contributed by atoms with van der Waals surface area (Å²) in [4.78, 5) is 2.02. The molecule has 1 aromatic rings. The Morgan fingerprint density at radius 1 is 1.31 bits per heavy atom. The largest absolute Gasteiger partial charge is 0.496 e. The highest BCUT2D eigenvalue weighted by molar-refractivity contribution is 5.98. The van der Waals surface area contributed by atoms with Crippen molar-refractivity contribution in [1.82, 2.24) is 4.90 Å². The number of ether oxygens (including phenoxy) is 2. The number of hydrogen-bond acceptors (Lipinski definition) is 3. The second-order valence-electron chi connectivity index (χ2n) is 3.65. The minimum Gasteiger partial charge on any atom is -0.496 e. The van der Waals surface area contributed by atoms with Gasteiger partial charge in [0.05, 0.1) is 25.9 Å². The van der Waals surface area contributed by atoms with E-state index >= 15 is 0 Å². The average Bonchev–Trinajstić information content (AvgIpc) is 2.39. The molecule has 2 rings (SSSR count).